The van der Waals surface area contributed by atoms with Crippen molar-refractivity contribution in [1.82, 2.24) is 25.7 Å². The molecule has 1 aromatic heterocycles. The van der Waals surface area contributed by atoms with Crippen molar-refractivity contribution < 1.29 is 19.2 Å². The quantitative estimate of drug-likeness (QED) is 0.523. The van der Waals surface area contributed by atoms with E-state index in [0.29, 0.717) is 27.9 Å². The lowest BCUT2D eigenvalue weighted by molar-refractivity contribution is -0.136. The lowest BCUT2D eigenvalue weighted by Crippen LogP contribution is -2.52. The van der Waals surface area contributed by atoms with Crippen molar-refractivity contribution in [3.8, 4) is 0 Å². The molecule has 1 atom stereocenters. The van der Waals surface area contributed by atoms with Crippen LogP contribution in [0.3, 0.4) is 0 Å². The number of aromatic nitrogens is 2. The highest BCUT2D eigenvalue weighted by Gasteiger charge is 2.39. The normalized spacial score (nSPS) is 18.1. The summed E-state index contributed by atoms with van der Waals surface area (Å²) in [6.07, 6.45) is 0.524. The van der Waals surface area contributed by atoms with Gasteiger partial charge in [-0.2, -0.15) is 5.10 Å². The molecule has 2 aliphatic heterocycles. The summed E-state index contributed by atoms with van der Waals surface area (Å²) in [5.74, 6) is -1.34. The fraction of sp³-hybridized carbons (Fsp3) is 0.227. The van der Waals surface area contributed by atoms with E-state index in [1.54, 1.807) is 30.3 Å². The van der Waals surface area contributed by atoms with Crippen LogP contribution in [0.1, 0.15) is 44.8 Å². The molecule has 10 heteroatoms. The second kappa shape index (κ2) is 7.76. The lowest BCUT2D eigenvalue weighted by atomic mass is 10.0. The molecule has 1 unspecified atom stereocenters. The first kappa shape index (κ1) is 20.2. The van der Waals surface area contributed by atoms with Crippen LogP contribution in [-0.4, -0.2) is 44.8 Å². The first-order valence-corrected chi connectivity index (χ1v) is 10.5. The van der Waals surface area contributed by atoms with E-state index in [1.165, 1.54) is 4.90 Å². The van der Waals surface area contributed by atoms with Gasteiger partial charge >= 0.3 is 0 Å². The zero-order valence-corrected chi connectivity index (χ0v) is 17.5. The van der Waals surface area contributed by atoms with Crippen LogP contribution in [0.15, 0.2) is 36.4 Å². The molecule has 32 heavy (non-hydrogen) atoms. The molecule has 0 aliphatic carbocycles. The summed E-state index contributed by atoms with van der Waals surface area (Å²) in [5.41, 5.74) is 3.08. The van der Waals surface area contributed by atoms with E-state index in [-0.39, 0.29) is 42.9 Å². The van der Waals surface area contributed by atoms with Gasteiger partial charge in [0.1, 0.15) is 6.04 Å². The summed E-state index contributed by atoms with van der Waals surface area (Å²) in [5, 5.41) is 13.2. The Morgan fingerprint density at radius 1 is 1.19 bits per heavy atom. The fourth-order valence-corrected chi connectivity index (χ4v) is 4.34. The molecule has 162 valence electrons. The highest BCUT2D eigenvalue weighted by atomic mass is 35.5. The average molecular weight is 452 g/mol. The molecule has 5 rings (SSSR count). The van der Waals surface area contributed by atoms with E-state index in [9.17, 15) is 19.2 Å². The number of aromatic amines is 1. The topological polar surface area (TPSA) is 124 Å². The molecular weight excluding hydrogens is 434 g/mol. The second-order valence-corrected chi connectivity index (χ2v) is 8.27. The maximum atomic E-state index is 12.8. The van der Waals surface area contributed by atoms with Gasteiger partial charge in [0, 0.05) is 35.5 Å². The molecule has 1 fully saturated rings. The number of hydrogen-bond donors (Lipinski definition) is 3. The summed E-state index contributed by atoms with van der Waals surface area (Å²) in [7, 11) is 0. The van der Waals surface area contributed by atoms with Gasteiger partial charge in [-0.25, -0.2) is 0 Å². The number of hydrogen-bond acceptors (Lipinski definition) is 5. The minimum Gasteiger partial charge on any atom is -0.347 e. The van der Waals surface area contributed by atoms with Gasteiger partial charge in [-0.15, -0.1) is 0 Å². The highest BCUT2D eigenvalue weighted by Crippen LogP contribution is 2.28. The molecule has 2 aliphatic rings. The van der Waals surface area contributed by atoms with Gasteiger partial charge in [-0.3, -0.25) is 29.6 Å². The third-order valence-corrected chi connectivity index (χ3v) is 6.02. The van der Waals surface area contributed by atoms with Crippen LogP contribution in [0.25, 0.3) is 10.9 Å². The number of nitrogens with zero attached hydrogens (tertiary/aromatic N) is 2. The second-order valence-electron chi connectivity index (χ2n) is 7.84. The zero-order valence-electron chi connectivity index (χ0n) is 16.8. The smallest absolute Gasteiger partial charge is 0.272 e. The van der Waals surface area contributed by atoms with E-state index in [1.807, 2.05) is 6.07 Å². The zero-order chi connectivity index (χ0) is 22.4. The molecule has 4 amide bonds. The molecule has 3 heterocycles. The summed E-state index contributed by atoms with van der Waals surface area (Å²) < 4.78 is 0. The van der Waals surface area contributed by atoms with E-state index in [4.69, 9.17) is 11.6 Å². The number of imide groups is 1. The highest BCUT2D eigenvalue weighted by molar-refractivity contribution is 6.31. The van der Waals surface area contributed by atoms with E-state index in [2.05, 4.69) is 20.8 Å². The van der Waals surface area contributed by atoms with E-state index in [0.717, 1.165) is 11.1 Å². The minimum absolute atomic E-state index is 0.209. The summed E-state index contributed by atoms with van der Waals surface area (Å²) in [6, 6.07) is 9.81. The maximum Gasteiger partial charge on any atom is 0.272 e. The van der Waals surface area contributed by atoms with Crippen LogP contribution in [-0.2, 0) is 22.7 Å². The number of carbonyl (C=O) groups excluding carboxylic acids is 4. The van der Waals surface area contributed by atoms with Gasteiger partial charge in [0.15, 0.2) is 5.69 Å². The lowest BCUT2D eigenvalue weighted by Gasteiger charge is -2.29. The van der Waals surface area contributed by atoms with Crippen LogP contribution >= 0.6 is 11.6 Å². The molecule has 0 bridgehead atoms. The van der Waals surface area contributed by atoms with Gasteiger partial charge < -0.3 is 10.2 Å². The monoisotopic (exact) mass is 451 g/mol. The number of carbonyl (C=O) groups is 4. The fourth-order valence-electron chi connectivity index (χ4n) is 4.16. The van der Waals surface area contributed by atoms with Crippen molar-refractivity contribution in [1.29, 1.82) is 0 Å². The number of H-pyrrole nitrogens is 1. The first-order valence-electron chi connectivity index (χ1n) is 10.1. The summed E-state index contributed by atoms with van der Waals surface area (Å²) >= 11 is 6.03. The molecule has 0 spiro atoms. The molecular formula is C22H18ClN5O4. The first-order chi connectivity index (χ1) is 15.4. The van der Waals surface area contributed by atoms with Crippen molar-refractivity contribution in [2.45, 2.75) is 32.0 Å². The average Bonchev–Trinajstić information content (AvgIpc) is 3.33. The minimum atomic E-state index is -0.657. The Morgan fingerprint density at radius 2 is 2.03 bits per heavy atom. The van der Waals surface area contributed by atoms with Crippen LogP contribution in [0.5, 0.6) is 0 Å². The van der Waals surface area contributed by atoms with E-state index >= 15 is 0 Å². The van der Waals surface area contributed by atoms with Crippen molar-refractivity contribution in [3.63, 3.8) is 0 Å². The van der Waals surface area contributed by atoms with Crippen LogP contribution in [0.2, 0.25) is 5.02 Å². The number of nitrogens with one attached hydrogen (secondary N) is 3. The van der Waals surface area contributed by atoms with Crippen molar-refractivity contribution in [2.24, 2.45) is 0 Å². The Balaban J connectivity index is 1.29. The van der Waals surface area contributed by atoms with E-state index < -0.39 is 11.9 Å². The predicted octanol–water partition coefficient (Wildman–Crippen LogP) is 1.91. The molecule has 3 aromatic rings. The van der Waals surface area contributed by atoms with Crippen LogP contribution < -0.4 is 10.6 Å². The van der Waals surface area contributed by atoms with Gasteiger partial charge in [-0.05, 0) is 41.8 Å². The Kier molecular flexibility index (Phi) is 4.90. The molecule has 9 nitrogen and oxygen atoms in total. The molecule has 1 saturated heterocycles. The number of halogens is 1. The van der Waals surface area contributed by atoms with Crippen molar-refractivity contribution >= 4 is 46.1 Å². The van der Waals surface area contributed by atoms with Crippen molar-refractivity contribution in [2.75, 3.05) is 0 Å². The number of piperidine rings is 1. The summed E-state index contributed by atoms with van der Waals surface area (Å²) in [6.45, 7) is 0.526. The molecule has 0 radical (unpaired) electrons. The van der Waals surface area contributed by atoms with Crippen molar-refractivity contribution in [3.05, 3.63) is 63.8 Å². The van der Waals surface area contributed by atoms with Gasteiger partial charge in [-0.1, -0.05) is 23.7 Å². The molecule has 0 saturated carbocycles. The number of rotatable bonds is 4. The van der Waals surface area contributed by atoms with Gasteiger partial charge in [0.2, 0.25) is 11.8 Å². The predicted molar refractivity (Wildman–Crippen MR) is 115 cm³/mol. The Hall–Kier alpha value is -3.72. The standard InChI is InChI=1S/C22H18ClN5O4/c23-13-2-4-16-15(8-13)19(27-26-16)21(31)24-9-11-1-3-14-12(7-11)10-28(22(14)32)17-5-6-18(29)25-20(17)30/h1-4,7-8,17H,5-6,9-10H2,(H,24,31)(H,26,27)(H,25,29,30). The Morgan fingerprint density at radius 3 is 2.84 bits per heavy atom. The van der Waals surface area contributed by atoms with Crippen LogP contribution in [0.4, 0.5) is 0 Å². The summed E-state index contributed by atoms with van der Waals surface area (Å²) in [4.78, 5) is 50.5. The van der Waals surface area contributed by atoms with Gasteiger partial charge in [0.05, 0.1) is 5.52 Å². The number of benzene rings is 2. The number of amides is 4. The third kappa shape index (κ3) is 3.50. The molecule has 2 aromatic carbocycles. The van der Waals surface area contributed by atoms with Gasteiger partial charge in [0.25, 0.3) is 11.8 Å². The Labute approximate surface area is 187 Å². The van der Waals surface area contributed by atoms with Crippen LogP contribution in [0, 0.1) is 0 Å². The Bertz CT molecular complexity index is 1300. The SMILES string of the molecule is O=C1CCC(N2Cc3cc(CNC(=O)c4n[nH]c5ccc(Cl)cc45)ccc3C2=O)C(=O)N1. The third-order valence-electron chi connectivity index (χ3n) is 5.78. The largest absolute Gasteiger partial charge is 0.347 e. The molecule has 3 N–H and O–H groups in total. The number of fused-ring (bicyclic) bond motifs is 2. The maximum absolute atomic E-state index is 12.8.